The number of rotatable bonds is 6. The molecular formula is C12H19N3O5S. The van der Waals surface area contributed by atoms with Gasteiger partial charge in [0.1, 0.15) is 0 Å². The van der Waals surface area contributed by atoms with E-state index in [9.17, 15) is 18.0 Å². The second-order valence-corrected chi connectivity index (χ2v) is 7.28. The van der Waals surface area contributed by atoms with Crippen LogP contribution in [0.25, 0.3) is 0 Å². The second-order valence-electron chi connectivity index (χ2n) is 5.55. The summed E-state index contributed by atoms with van der Waals surface area (Å²) in [6, 6.07) is 0. The summed E-state index contributed by atoms with van der Waals surface area (Å²) in [5, 5.41) is 8.97. The van der Waals surface area contributed by atoms with Crippen molar-refractivity contribution in [1.29, 1.82) is 0 Å². The van der Waals surface area contributed by atoms with Gasteiger partial charge in [-0.15, -0.1) is 0 Å². The predicted octanol–water partition coefficient (Wildman–Crippen LogP) is -1.48. The van der Waals surface area contributed by atoms with Crippen LogP contribution in [0.3, 0.4) is 0 Å². The van der Waals surface area contributed by atoms with Crippen LogP contribution in [-0.2, 0) is 24.1 Å². The molecule has 1 aromatic rings. The first kappa shape index (κ1) is 15.9. The van der Waals surface area contributed by atoms with Gasteiger partial charge in [0.15, 0.2) is 4.90 Å². The lowest BCUT2D eigenvalue weighted by molar-refractivity contribution is 0.249. The van der Waals surface area contributed by atoms with Crippen molar-refractivity contribution in [1.82, 2.24) is 13.9 Å². The molecule has 1 fully saturated rings. The molecule has 1 aromatic heterocycles. The van der Waals surface area contributed by atoms with Crippen LogP contribution in [0, 0.1) is 5.41 Å². The molecule has 21 heavy (non-hydrogen) atoms. The Bertz CT molecular complexity index is 758. The number of sulfonamides is 1. The summed E-state index contributed by atoms with van der Waals surface area (Å²) in [6.45, 7) is 0.186. The molecule has 2 rings (SSSR count). The molecule has 0 amide bonds. The summed E-state index contributed by atoms with van der Waals surface area (Å²) >= 11 is 0. The fourth-order valence-corrected chi connectivity index (χ4v) is 3.53. The Hall–Kier alpha value is -1.45. The van der Waals surface area contributed by atoms with E-state index in [4.69, 9.17) is 5.11 Å². The lowest BCUT2D eigenvalue weighted by atomic mass is 10.0. The van der Waals surface area contributed by atoms with Gasteiger partial charge in [0.25, 0.3) is 5.56 Å². The summed E-state index contributed by atoms with van der Waals surface area (Å²) in [5.41, 5.74) is -1.64. The van der Waals surface area contributed by atoms with Gasteiger partial charge in [-0.05, 0) is 24.7 Å². The van der Waals surface area contributed by atoms with Crippen LogP contribution in [0.4, 0.5) is 0 Å². The number of aryl methyl sites for hydroxylation is 1. The number of nitrogens with zero attached hydrogens (tertiary/aromatic N) is 2. The minimum atomic E-state index is -3.99. The SMILES string of the molecule is Cn1cc(S(=O)(=O)NCC2(CCO)CC2)c(=O)n(C)c1=O. The maximum atomic E-state index is 12.2. The summed E-state index contributed by atoms with van der Waals surface area (Å²) in [5.74, 6) is 0. The Kier molecular flexibility index (Phi) is 4.09. The van der Waals surface area contributed by atoms with Crippen LogP contribution >= 0.6 is 0 Å². The van der Waals surface area contributed by atoms with Crippen molar-refractivity contribution >= 4 is 10.0 Å². The maximum Gasteiger partial charge on any atom is 0.330 e. The van der Waals surface area contributed by atoms with Gasteiger partial charge in [0, 0.05) is 33.4 Å². The first-order valence-electron chi connectivity index (χ1n) is 6.60. The van der Waals surface area contributed by atoms with Crippen molar-refractivity contribution in [3.8, 4) is 0 Å². The number of hydrogen-bond acceptors (Lipinski definition) is 5. The fraction of sp³-hybridized carbons (Fsp3) is 0.667. The summed E-state index contributed by atoms with van der Waals surface area (Å²) in [7, 11) is -1.37. The van der Waals surface area contributed by atoms with E-state index in [0.717, 1.165) is 28.2 Å². The summed E-state index contributed by atoms with van der Waals surface area (Å²) in [6.07, 6.45) is 3.25. The van der Waals surface area contributed by atoms with Crippen molar-refractivity contribution < 1.29 is 13.5 Å². The second kappa shape index (κ2) is 5.39. The van der Waals surface area contributed by atoms with Gasteiger partial charge < -0.3 is 9.67 Å². The highest BCUT2D eigenvalue weighted by Crippen LogP contribution is 2.48. The van der Waals surface area contributed by atoms with Crippen LogP contribution in [0.1, 0.15) is 19.3 Å². The molecule has 0 radical (unpaired) electrons. The quantitative estimate of drug-likeness (QED) is 0.665. The predicted molar refractivity (Wildman–Crippen MR) is 75.5 cm³/mol. The van der Waals surface area contributed by atoms with Gasteiger partial charge in [-0.3, -0.25) is 9.36 Å². The first-order chi connectivity index (χ1) is 9.72. The van der Waals surface area contributed by atoms with Crippen molar-refractivity contribution in [3.05, 3.63) is 27.0 Å². The summed E-state index contributed by atoms with van der Waals surface area (Å²) < 4.78 is 28.7. The Morgan fingerprint density at radius 1 is 1.33 bits per heavy atom. The Morgan fingerprint density at radius 3 is 2.48 bits per heavy atom. The van der Waals surface area contributed by atoms with E-state index in [1.54, 1.807) is 0 Å². The van der Waals surface area contributed by atoms with Crippen molar-refractivity contribution in [2.45, 2.75) is 24.2 Å². The maximum absolute atomic E-state index is 12.2. The zero-order valence-electron chi connectivity index (χ0n) is 12.0. The third-order valence-corrected chi connectivity index (χ3v) is 5.32. The number of aliphatic hydroxyl groups is 1. The molecule has 0 unspecified atom stereocenters. The van der Waals surface area contributed by atoms with Gasteiger partial charge in [-0.2, -0.15) is 0 Å². The Labute approximate surface area is 122 Å². The molecule has 0 saturated heterocycles. The minimum absolute atomic E-state index is 0.00331. The molecule has 1 heterocycles. The molecule has 1 aliphatic carbocycles. The van der Waals surface area contributed by atoms with Crippen molar-refractivity contribution in [3.63, 3.8) is 0 Å². The number of aromatic nitrogens is 2. The normalized spacial score (nSPS) is 16.9. The van der Waals surface area contributed by atoms with E-state index >= 15 is 0 Å². The number of aliphatic hydroxyl groups excluding tert-OH is 1. The van der Waals surface area contributed by atoms with Crippen LogP contribution in [0.2, 0.25) is 0 Å². The highest BCUT2D eigenvalue weighted by molar-refractivity contribution is 7.89. The van der Waals surface area contributed by atoms with Gasteiger partial charge in [-0.25, -0.2) is 17.9 Å². The Balaban J connectivity index is 2.29. The van der Waals surface area contributed by atoms with Crippen LogP contribution in [0.5, 0.6) is 0 Å². The largest absolute Gasteiger partial charge is 0.396 e. The van der Waals surface area contributed by atoms with E-state index in [0.29, 0.717) is 6.42 Å². The van der Waals surface area contributed by atoms with E-state index in [2.05, 4.69) is 4.72 Å². The monoisotopic (exact) mass is 317 g/mol. The van der Waals surface area contributed by atoms with Crippen molar-refractivity contribution in [2.75, 3.05) is 13.2 Å². The van der Waals surface area contributed by atoms with E-state index < -0.39 is 26.2 Å². The minimum Gasteiger partial charge on any atom is -0.396 e. The highest BCUT2D eigenvalue weighted by atomic mass is 32.2. The molecule has 0 bridgehead atoms. The fourth-order valence-electron chi connectivity index (χ4n) is 2.21. The zero-order valence-corrected chi connectivity index (χ0v) is 12.8. The molecule has 9 heteroatoms. The third kappa shape index (κ3) is 3.09. The lowest BCUT2D eigenvalue weighted by Crippen LogP contribution is -2.42. The first-order valence-corrected chi connectivity index (χ1v) is 8.08. The van der Waals surface area contributed by atoms with Crippen LogP contribution in [0.15, 0.2) is 20.7 Å². The van der Waals surface area contributed by atoms with E-state index in [1.807, 2.05) is 0 Å². The average molecular weight is 317 g/mol. The molecule has 118 valence electrons. The van der Waals surface area contributed by atoms with Gasteiger partial charge in [0.2, 0.25) is 10.0 Å². The smallest absolute Gasteiger partial charge is 0.330 e. The molecule has 0 atom stereocenters. The molecule has 0 aliphatic heterocycles. The molecular weight excluding hydrogens is 298 g/mol. The molecule has 8 nitrogen and oxygen atoms in total. The molecule has 1 aliphatic rings. The van der Waals surface area contributed by atoms with Crippen molar-refractivity contribution in [2.24, 2.45) is 19.5 Å². The zero-order chi connectivity index (χ0) is 15.8. The van der Waals surface area contributed by atoms with Gasteiger partial charge in [-0.1, -0.05) is 0 Å². The number of nitrogens with one attached hydrogen (secondary N) is 1. The van der Waals surface area contributed by atoms with E-state index in [1.165, 1.54) is 14.1 Å². The lowest BCUT2D eigenvalue weighted by Gasteiger charge is -2.15. The summed E-state index contributed by atoms with van der Waals surface area (Å²) in [4.78, 5) is 23.1. The van der Waals surface area contributed by atoms with Gasteiger partial charge >= 0.3 is 5.69 Å². The standard InChI is InChI=1S/C12H19N3O5S/c1-14-7-9(10(17)15(2)11(14)18)21(19,20)13-8-12(3-4-12)5-6-16/h7,13,16H,3-6,8H2,1-2H3. The molecule has 1 saturated carbocycles. The van der Waals surface area contributed by atoms with Crippen LogP contribution < -0.4 is 16.0 Å². The Morgan fingerprint density at radius 2 is 1.95 bits per heavy atom. The molecule has 0 spiro atoms. The third-order valence-electron chi connectivity index (χ3n) is 3.94. The molecule has 2 N–H and O–H groups in total. The number of hydrogen-bond donors (Lipinski definition) is 2. The van der Waals surface area contributed by atoms with Crippen LogP contribution in [-0.4, -0.2) is 35.8 Å². The average Bonchev–Trinajstić information content (AvgIpc) is 3.19. The van der Waals surface area contributed by atoms with Gasteiger partial charge in [0.05, 0.1) is 0 Å². The highest BCUT2D eigenvalue weighted by Gasteiger charge is 2.42. The topological polar surface area (TPSA) is 110 Å². The van der Waals surface area contributed by atoms with E-state index in [-0.39, 0.29) is 18.6 Å². The molecule has 0 aromatic carbocycles.